The fourth-order valence-electron chi connectivity index (χ4n) is 3.74. The molecule has 4 nitrogen and oxygen atoms in total. The fraction of sp³-hybridized carbons (Fsp3) is 0.571. The highest BCUT2D eigenvalue weighted by molar-refractivity contribution is 9.10. The van der Waals surface area contributed by atoms with Crippen LogP contribution in [0.25, 0.3) is 0 Å². The van der Waals surface area contributed by atoms with Crippen molar-refractivity contribution in [2.45, 2.75) is 77.4 Å². The lowest BCUT2D eigenvalue weighted by atomic mass is 9.77. The van der Waals surface area contributed by atoms with Crippen molar-refractivity contribution in [3.8, 4) is 11.5 Å². The Kier molecular flexibility index (Phi) is 9.04. The minimum absolute atomic E-state index is 0.0145. The molecule has 208 valence electrons. The van der Waals surface area contributed by atoms with Crippen LogP contribution in [0.15, 0.2) is 40.9 Å². The first kappa shape index (κ1) is 29.2. The Balaban J connectivity index is 0.000000194. The van der Waals surface area contributed by atoms with Gasteiger partial charge in [-0.1, -0.05) is 0 Å². The van der Waals surface area contributed by atoms with Gasteiger partial charge in [-0.25, -0.2) is 17.6 Å². The molecule has 1 heterocycles. The average molecular weight is 601 g/mol. The minimum Gasteiger partial charge on any atom is -0.494 e. The second-order valence-electron chi connectivity index (χ2n) is 11.2. The Morgan fingerprint density at radius 2 is 1.24 bits per heavy atom. The number of benzene rings is 2. The molecule has 2 aromatic carbocycles. The molecule has 0 aromatic heterocycles. The highest BCUT2D eigenvalue weighted by Gasteiger charge is 2.52. The lowest BCUT2D eigenvalue weighted by molar-refractivity contribution is 0.00578. The number of rotatable bonds is 9. The van der Waals surface area contributed by atoms with Gasteiger partial charge in [0.25, 0.3) is 12.9 Å². The molecule has 0 amide bonds. The Hall–Kier alpha value is -1.78. The highest BCUT2D eigenvalue weighted by Crippen LogP contribution is 2.38. The van der Waals surface area contributed by atoms with Gasteiger partial charge in [-0.2, -0.15) is 0 Å². The maximum Gasteiger partial charge on any atom is 0.498 e. The van der Waals surface area contributed by atoms with Crippen LogP contribution in [0, 0.1) is 11.8 Å². The van der Waals surface area contributed by atoms with Gasteiger partial charge in [-0.15, -0.1) is 0 Å². The molecule has 0 radical (unpaired) electrons. The van der Waals surface area contributed by atoms with Crippen LogP contribution >= 0.6 is 15.9 Å². The fourth-order valence-corrected chi connectivity index (χ4v) is 4.25. The summed E-state index contributed by atoms with van der Waals surface area (Å²) in [7, 11) is -0.701. The first-order valence-corrected chi connectivity index (χ1v) is 13.8. The van der Waals surface area contributed by atoms with Gasteiger partial charge in [0.1, 0.15) is 11.5 Å². The van der Waals surface area contributed by atoms with E-state index in [9.17, 15) is 17.6 Å². The van der Waals surface area contributed by atoms with Gasteiger partial charge in [-0.05, 0) is 118 Å². The summed E-state index contributed by atoms with van der Waals surface area (Å²) in [6, 6.07) is 8.85. The number of hydrogen-bond acceptors (Lipinski definition) is 4. The van der Waals surface area contributed by atoms with Gasteiger partial charge in [0.05, 0.1) is 28.9 Å². The monoisotopic (exact) mass is 600 g/mol. The molecule has 10 heteroatoms. The summed E-state index contributed by atoms with van der Waals surface area (Å²) in [4.78, 5) is 0. The topological polar surface area (TPSA) is 36.9 Å². The molecule has 0 N–H and O–H groups in total. The standard InChI is InChI=1S/C17H23BF2O3.C11H11BrF2O/c1-16(2)17(3,4)23-18(22-16)13-9-12(15(19)20)7-8-14(13)21-10-11-5-6-11;12-9-5-8(11(13)14)3-4-10(9)15-6-7-1-2-7/h7-9,11,15H,5-6,10H2,1-4H3;3-5,7,11H,1-2,6H2. The van der Waals surface area contributed by atoms with Crippen molar-refractivity contribution >= 4 is 28.5 Å². The molecule has 2 saturated carbocycles. The molecule has 2 aliphatic carbocycles. The average Bonchev–Trinajstić information content (AvgIpc) is 3.76. The van der Waals surface area contributed by atoms with Crippen LogP contribution in [0.3, 0.4) is 0 Å². The Morgan fingerprint density at radius 1 is 0.789 bits per heavy atom. The smallest absolute Gasteiger partial charge is 0.494 e. The molecule has 2 aromatic rings. The first-order valence-electron chi connectivity index (χ1n) is 13.0. The Labute approximate surface area is 230 Å². The number of halogens is 5. The van der Waals surface area contributed by atoms with E-state index in [1.165, 1.54) is 49.9 Å². The normalized spacial score (nSPS) is 19.9. The number of hydrogen-bond donors (Lipinski definition) is 0. The minimum atomic E-state index is -2.53. The highest BCUT2D eigenvalue weighted by atomic mass is 79.9. The van der Waals surface area contributed by atoms with Crippen LogP contribution in [0.5, 0.6) is 11.5 Å². The third-order valence-corrected chi connectivity index (χ3v) is 7.96. The second kappa shape index (κ2) is 11.8. The van der Waals surface area contributed by atoms with Gasteiger partial charge >= 0.3 is 7.12 Å². The van der Waals surface area contributed by atoms with Crippen LogP contribution in [0.1, 0.15) is 77.4 Å². The van der Waals surface area contributed by atoms with Crippen molar-refractivity contribution < 1.29 is 36.3 Å². The number of alkyl halides is 4. The van der Waals surface area contributed by atoms with Gasteiger partial charge in [0, 0.05) is 16.6 Å². The molecule has 0 bridgehead atoms. The molecule has 5 rings (SSSR count). The number of ether oxygens (including phenoxy) is 2. The van der Waals surface area contributed by atoms with E-state index in [1.807, 2.05) is 27.7 Å². The summed E-state index contributed by atoms with van der Waals surface area (Å²) < 4.78 is 74.8. The van der Waals surface area contributed by atoms with E-state index < -0.39 is 31.2 Å². The maximum atomic E-state index is 13.1. The summed E-state index contributed by atoms with van der Waals surface area (Å²) in [6.45, 7) is 9.06. The van der Waals surface area contributed by atoms with E-state index in [0.29, 0.717) is 46.5 Å². The molecule has 38 heavy (non-hydrogen) atoms. The third-order valence-electron chi connectivity index (χ3n) is 7.34. The van der Waals surface area contributed by atoms with Crippen molar-refractivity contribution in [2.75, 3.05) is 13.2 Å². The summed E-state index contributed by atoms with van der Waals surface area (Å²) in [5.41, 5.74) is -0.533. The Bertz CT molecular complexity index is 1090. The largest absolute Gasteiger partial charge is 0.498 e. The van der Waals surface area contributed by atoms with Crippen molar-refractivity contribution in [3.05, 3.63) is 52.0 Å². The van der Waals surface area contributed by atoms with Gasteiger partial charge in [0.2, 0.25) is 0 Å². The van der Waals surface area contributed by atoms with Gasteiger partial charge in [-0.3, -0.25) is 0 Å². The van der Waals surface area contributed by atoms with Crippen molar-refractivity contribution in [1.29, 1.82) is 0 Å². The zero-order valence-electron chi connectivity index (χ0n) is 22.1. The third kappa shape index (κ3) is 7.45. The summed E-state index contributed by atoms with van der Waals surface area (Å²) >= 11 is 3.23. The summed E-state index contributed by atoms with van der Waals surface area (Å²) in [5, 5.41) is 0. The van der Waals surface area contributed by atoms with E-state index >= 15 is 0 Å². The van der Waals surface area contributed by atoms with E-state index in [2.05, 4.69) is 15.9 Å². The molecular formula is C28H34BBrF4O4. The van der Waals surface area contributed by atoms with E-state index in [4.69, 9.17) is 18.8 Å². The second-order valence-corrected chi connectivity index (χ2v) is 12.0. The molecule has 3 fully saturated rings. The molecule has 0 spiro atoms. The zero-order chi connectivity index (χ0) is 27.7. The molecular weight excluding hydrogens is 567 g/mol. The van der Waals surface area contributed by atoms with Crippen LogP contribution in [0.2, 0.25) is 0 Å². The van der Waals surface area contributed by atoms with Crippen molar-refractivity contribution in [2.24, 2.45) is 11.8 Å². The Morgan fingerprint density at radius 3 is 1.68 bits per heavy atom. The predicted molar refractivity (Wildman–Crippen MR) is 143 cm³/mol. The molecule has 1 aliphatic heterocycles. The molecule has 0 atom stereocenters. The quantitative estimate of drug-likeness (QED) is 0.217. The summed E-state index contributed by atoms with van der Waals surface area (Å²) in [5.74, 6) is 2.45. The van der Waals surface area contributed by atoms with Crippen LogP contribution in [-0.2, 0) is 9.31 Å². The van der Waals surface area contributed by atoms with Crippen LogP contribution in [-0.4, -0.2) is 31.5 Å². The van der Waals surface area contributed by atoms with Crippen LogP contribution < -0.4 is 14.9 Å². The molecule has 0 unspecified atom stereocenters. The lowest BCUT2D eigenvalue weighted by Crippen LogP contribution is -2.41. The van der Waals surface area contributed by atoms with Gasteiger partial charge in [0.15, 0.2) is 0 Å². The molecule has 3 aliphatic rings. The van der Waals surface area contributed by atoms with E-state index in [-0.39, 0.29) is 11.1 Å². The van der Waals surface area contributed by atoms with E-state index in [1.54, 1.807) is 12.1 Å². The zero-order valence-corrected chi connectivity index (χ0v) is 23.7. The van der Waals surface area contributed by atoms with Crippen molar-refractivity contribution in [3.63, 3.8) is 0 Å². The lowest BCUT2D eigenvalue weighted by Gasteiger charge is -2.32. The van der Waals surface area contributed by atoms with Crippen LogP contribution in [0.4, 0.5) is 17.6 Å². The van der Waals surface area contributed by atoms with Crippen molar-refractivity contribution in [1.82, 2.24) is 0 Å². The first-order chi connectivity index (χ1) is 17.9. The van der Waals surface area contributed by atoms with E-state index in [0.717, 1.165) is 0 Å². The maximum absolute atomic E-state index is 13.1. The predicted octanol–water partition coefficient (Wildman–Crippen LogP) is 7.89. The SMILES string of the molecule is CC1(C)OB(c2cc(C(F)F)ccc2OCC2CC2)OC1(C)C.FC(F)c1ccc(OCC2CC2)c(Br)c1. The molecule has 1 saturated heterocycles. The summed E-state index contributed by atoms with van der Waals surface area (Å²) in [6.07, 6.45) is -0.200. The van der Waals surface area contributed by atoms with Gasteiger partial charge < -0.3 is 18.8 Å².